The van der Waals surface area contributed by atoms with E-state index >= 15 is 0 Å². The number of benzene rings is 2. The number of carbonyl (C=O) groups excluding carboxylic acids is 1. The normalized spacial score (nSPS) is 15.1. The summed E-state index contributed by atoms with van der Waals surface area (Å²) in [6.07, 6.45) is 2.86. The molecule has 0 aliphatic carbocycles. The summed E-state index contributed by atoms with van der Waals surface area (Å²) in [5, 5.41) is 21.0. The van der Waals surface area contributed by atoms with Gasteiger partial charge in [0.2, 0.25) is 10.0 Å². The third kappa shape index (κ3) is 5.31. The number of sulfonamides is 1. The van der Waals surface area contributed by atoms with Gasteiger partial charge in [0.05, 0.1) is 16.5 Å². The molecule has 2 aromatic carbocycles. The number of fused-ring (bicyclic) bond motifs is 1. The number of aromatic nitrogens is 3. The van der Waals surface area contributed by atoms with Gasteiger partial charge in [-0.1, -0.05) is 11.6 Å². The molecule has 5 rings (SSSR count). The summed E-state index contributed by atoms with van der Waals surface area (Å²) in [6.45, 7) is 0.871. The molecule has 0 spiro atoms. The third-order valence-corrected chi connectivity index (χ3v) is 9.67. The number of aromatic amines is 2. The Labute approximate surface area is 241 Å². The van der Waals surface area contributed by atoms with Gasteiger partial charge in [0.15, 0.2) is 5.82 Å². The van der Waals surface area contributed by atoms with E-state index in [0.29, 0.717) is 53.1 Å². The van der Waals surface area contributed by atoms with Crippen molar-refractivity contribution in [1.29, 1.82) is 5.26 Å². The molecule has 1 saturated heterocycles. The monoisotopic (exact) mass is 593 g/mol. The number of pyridine rings is 1. The largest absolute Gasteiger partial charge is 0.339 e. The highest BCUT2D eigenvalue weighted by atomic mass is 35.5. The van der Waals surface area contributed by atoms with Crippen molar-refractivity contribution in [3.63, 3.8) is 0 Å². The van der Waals surface area contributed by atoms with E-state index in [1.165, 1.54) is 26.2 Å². The number of halogens is 1. The molecule has 1 aliphatic rings. The van der Waals surface area contributed by atoms with E-state index in [1.54, 1.807) is 47.5 Å². The van der Waals surface area contributed by atoms with Crippen LogP contribution in [-0.4, -0.2) is 65.9 Å². The summed E-state index contributed by atoms with van der Waals surface area (Å²) in [7, 11) is -0.662. The Balaban J connectivity index is 1.43. The number of amides is 1. The molecule has 0 saturated carbocycles. The van der Waals surface area contributed by atoms with Crippen LogP contribution in [0.3, 0.4) is 0 Å². The third-order valence-electron chi connectivity index (χ3n) is 7.59. The standard InChI is InChI=1S/C28H28ClN7O4S/c1-35(2)41(39,40)21-9-7-20(8-10-21)32-25-23-24(33-34-25)22(17-31-26(23)37)28(11-14-30)12-15-36(16-13-28)27(38)18-3-5-19(29)6-4-18/h3-10,17H,11-13,15-16H2,1-2H3,(H,31,37)(H2,32,33,34). The van der Waals surface area contributed by atoms with E-state index in [-0.39, 0.29) is 28.6 Å². The van der Waals surface area contributed by atoms with Crippen LogP contribution in [-0.2, 0) is 15.4 Å². The molecule has 1 amide bonds. The maximum absolute atomic E-state index is 13.1. The Morgan fingerprint density at radius 1 is 1.15 bits per heavy atom. The molecule has 0 atom stereocenters. The Morgan fingerprint density at radius 3 is 2.41 bits per heavy atom. The topological polar surface area (TPSA) is 155 Å². The maximum Gasteiger partial charge on any atom is 0.261 e. The number of nitriles is 1. The zero-order valence-electron chi connectivity index (χ0n) is 22.4. The van der Waals surface area contributed by atoms with E-state index in [9.17, 15) is 23.3 Å². The number of piperidine rings is 1. The van der Waals surface area contributed by atoms with E-state index in [0.717, 1.165) is 9.87 Å². The van der Waals surface area contributed by atoms with Crippen LogP contribution in [0.4, 0.5) is 11.5 Å². The molecule has 3 N–H and O–H groups in total. The van der Waals surface area contributed by atoms with Crippen LogP contribution in [0.25, 0.3) is 10.9 Å². The highest BCUT2D eigenvalue weighted by Gasteiger charge is 2.40. The molecule has 0 bridgehead atoms. The average molecular weight is 594 g/mol. The Kier molecular flexibility index (Phi) is 7.61. The number of carbonyl (C=O) groups is 1. The minimum Gasteiger partial charge on any atom is -0.339 e. The summed E-state index contributed by atoms with van der Waals surface area (Å²) in [5.41, 5.74) is 1.37. The molecular weight excluding hydrogens is 566 g/mol. The highest BCUT2D eigenvalue weighted by Crippen LogP contribution is 2.41. The van der Waals surface area contributed by atoms with Gasteiger partial charge in [-0.05, 0) is 61.4 Å². The molecule has 1 fully saturated rings. The molecule has 41 heavy (non-hydrogen) atoms. The first-order valence-corrected chi connectivity index (χ1v) is 14.7. The van der Waals surface area contributed by atoms with Gasteiger partial charge in [0.1, 0.15) is 5.39 Å². The summed E-state index contributed by atoms with van der Waals surface area (Å²) in [5.74, 6) is 0.171. The first kappa shape index (κ1) is 28.4. The predicted molar refractivity (Wildman–Crippen MR) is 156 cm³/mol. The smallest absolute Gasteiger partial charge is 0.261 e. The van der Waals surface area contributed by atoms with Crippen LogP contribution in [0.1, 0.15) is 35.2 Å². The lowest BCUT2D eigenvalue weighted by atomic mass is 9.70. The Bertz CT molecular complexity index is 1800. The lowest BCUT2D eigenvalue weighted by Crippen LogP contribution is -2.45. The molecule has 2 aromatic heterocycles. The second-order valence-corrected chi connectivity index (χ2v) is 12.8. The number of H-pyrrole nitrogens is 2. The van der Waals surface area contributed by atoms with E-state index in [2.05, 4.69) is 26.6 Å². The van der Waals surface area contributed by atoms with Crippen LogP contribution < -0.4 is 10.9 Å². The van der Waals surface area contributed by atoms with E-state index in [1.807, 2.05) is 0 Å². The summed E-state index contributed by atoms with van der Waals surface area (Å²) >= 11 is 5.96. The van der Waals surface area contributed by atoms with Crippen molar-refractivity contribution in [2.45, 2.75) is 29.6 Å². The fraction of sp³-hybridized carbons (Fsp3) is 0.286. The van der Waals surface area contributed by atoms with Crippen molar-refractivity contribution in [3.8, 4) is 6.07 Å². The number of nitrogens with one attached hydrogen (secondary N) is 3. The van der Waals surface area contributed by atoms with Crippen molar-refractivity contribution in [1.82, 2.24) is 24.4 Å². The first-order chi connectivity index (χ1) is 19.6. The Morgan fingerprint density at radius 2 is 1.80 bits per heavy atom. The highest BCUT2D eigenvalue weighted by molar-refractivity contribution is 7.89. The number of likely N-dealkylation sites (tertiary alicyclic amines) is 1. The molecule has 11 nitrogen and oxygen atoms in total. The minimum atomic E-state index is -3.58. The number of anilines is 2. The minimum absolute atomic E-state index is 0.101. The van der Waals surface area contributed by atoms with Crippen molar-refractivity contribution in [2.75, 3.05) is 32.5 Å². The van der Waals surface area contributed by atoms with Crippen molar-refractivity contribution in [3.05, 3.63) is 81.2 Å². The van der Waals surface area contributed by atoms with Gasteiger partial charge in [-0.15, -0.1) is 0 Å². The second-order valence-electron chi connectivity index (χ2n) is 10.2. The molecule has 1 aliphatic heterocycles. The van der Waals surface area contributed by atoms with Gasteiger partial charge >= 0.3 is 0 Å². The number of rotatable bonds is 7. The fourth-order valence-electron chi connectivity index (χ4n) is 5.21. The van der Waals surface area contributed by atoms with Crippen LogP contribution in [0, 0.1) is 11.3 Å². The first-order valence-electron chi connectivity index (χ1n) is 12.9. The van der Waals surface area contributed by atoms with E-state index in [4.69, 9.17) is 11.6 Å². The average Bonchev–Trinajstić information content (AvgIpc) is 3.38. The molecule has 0 unspecified atom stereocenters. The number of hydrogen-bond acceptors (Lipinski definition) is 7. The van der Waals surface area contributed by atoms with Gasteiger partial charge in [-0.3, -0.25) is 14.7 Å². The maximum atomic E-state index is 13.1. The van der Waals surface area contributed by atoms with Crippen molar-refractivity contribution >= 4 is 49.9 Å². The molecule has 4 aromatic rings. The van der Waals surface area contributed by atoms with Crippen LogP contribution >= 0.6 is 11.6 Å². The van der Waals surface area contributed by atoms with Gasteiger partial charge < -0.3 is 15.2 Å². The van der Waals surface area contributed by atoms with Crippen LogP contribution in [0.15, 0.2) is 64.4 Å². The second kappa shape index (κ2) is 11.0. The number of nitrogens with zero attached hydrogens (tertiary/aromatic N) is 4. The van der Waals surface area contributed by atoms with Gasteiger partial charge in [0.25, 0.3) is 11.5 Å². The van der Waals surface area contributed by atoms with Gasteiger partial charge in [-0.25, -0.2) is 12.7 Å². The Hall–Kier alpha value is -4.18. The fourth-order valence-corrected chi connectivity index (χ4v) is 6.24. The van der Waals surface area contributed by atoms with Crippen LogP contribution in [0.5, 0.6) is 0 Å². The van der Waals surface area contributed by atoms with Crippen LogP contribution in [0.2, 0.25) is 5.02 Å². The zero-order chi connectivity index (χ0) is 29.4. The van der Waals surface area contributed by atoms with Gasteiger partial charge in [0, 0.05) is 67.1 Å². The number of hydrogen-bond donors (Lipinski definition) is 3. The summed E-state index contributed by atoms with van der Waals surface area (Å²) < 4.78 is 25.9. The molecule has 212 valence electrons. The van der Waals surface area contributed by atoms with Crippen molar-refractivity contribution < 1.29 is 13.2 Å². The van der Waals surface area contributed by atoms with E-state index < -0.39 is 15.4 Å². The quantitative estimate of drug-likeness (QED) is 0.293. The lowest BCUT2D eigenvalue weighted by Gasteiger charge is -2.41. The lowest BCUT2D eigenvalue weighted by molar-refractivity contribution is 0.0668. The van der Waals surface area contributed by atoms with Crippen molar-refractivity contribution in [2.24, 2.45) is 0 Å². The predicted octanol–water partition coefficient (Wildman–Crippen LogP) is 3.99. The molecular formula is C28H28ClN7O4S. The van der Waals surface area contributed by atoms with Gasteiger partial charge in [-0.2, -0.15) is 10.4 Å². The molecule has 0 radical (unpaired) electrons. The summed E-state index contributed by atoms with van der Waals surface area (Å²) in [6, 6.07) is 15.2. The molecule has 13 heteroatoms. The summed E-state index contributed by atoms with van der Waals surface area (Å²) in [4.78, 5) is 30.7. The molecule has 3 heterocycles. The SMILES string of the molecule is CN(C)S(=O)(=O)c1ccc(Nc2n[nH]c3c(C4(CC#N)CCN(C(=O)c5ccc(Cl)cc5)CC4)c[nH]c(=O)c23)cc1. The zero-order valence-corrected chi connectivity index (χ0v) is 24.0.